The predicted molar refractivity (Wildman–Crippen MR) is 73.6 cm³/mol. The second kappa shape index (κ2) is 4.59. The minimum Gasteiger partial charge on any atom is -0.335 e. The van der Waals surface area contributed by atoms with E-state index in [9.17, 15) is 14.4 Å². The van der Waals surface area contributed by atoms with E-state index in [-0.39, 0.29) is 18.4 Å². The molecule has 1 spiro atoms. The van der Waals surface area contributed by atoms with E-state index in [0.717, 1.165) is 11.3 Å². The van der Waals surface area contributed by atoms with Gasteiger partial charge >= 0.3 is 6.03 Å². The first-order chi connectivity index (χ1) is 9.54. The quantitative estimate of drug-likeness (QED) is 0.789. The van der Waals surface area contributed by atoms with Gasteiger partial charge < -0.3 is 10.2 Å². The van der Waals surface area contributed by atoms with Gasteiger partial charge in [0.1, 0.15) is 5.54 Å². The van der Waals surface area contributed by atoms with E-state index in [0.29, 0.717) is 17.8 Å². The van der Waals surface area contributed by atoms with Crippen LogP contribution >= 0.6 is 11.3 Å². The lowest BCUT2D eigenvalue weighted by Gasteiger charge is -2.20. The number of thiophene rings is 1. The molecule has 0 radical (unpaired) electrons. The highest BCUT2D eigenvalue weighted by Crippen LogP contribution is 2.27. The van der Waals surface area contributed by atoms with Crippen molar-refractivity contribution < 1.29 is 14.4 Å². The Labute approximate surface area is 120 Å². The highest BCUT2D eigenvalue weighted by molar-refractivity contribution is 7.14. The molecule has 2 aliphatic heterocycles. The van der Waals surface area contributed by atoms with E-state index in [1.807, 2.05) is 19.1 Å². The van der Waals surface area contributed by atoms with Gasteiger partial charge in [0.15, 0.2) is 0 Å². The first-order valence-corrected chi connectivity index (χ1v) is 7.37. The first kappa shape index (κ1) is 13.1. The van der Waals surface area contributed by atoms with Gasteiger partial charge in [-0.15, -0.1) is 11.3 Å². The number of hydrogen-bond acceptors (Lipinski definition) is 4. The van der Waals surface area contributed by atoms with Crippen LogP contribution in [0.25, 0.3) is 0 Å². The van der Waals surface area contributed by atoms with Crippen molar-refractivity contribution in [3.05, 3.63) is 21.9 Å². The molecule has 4 amide bonds. The van der Waals surface area contributed by atoms with Crippen molar-refractivity contribution in [3.8, 4) is 0 Å². The van der Waals surface area contributed by atoms with Crippen molar-refractivity contribution in [2.24, 2.45) is 0 Å². The lowest BCUT2D eigenvalue weighted by Crippen LogP contribution is -2.49. The molecule has 0 saturated carbocycles. The van der Waals surface area contributed by atoms with Crippen LogP contribution in [0, 0.1) is 0 Å². The molecule has 106 valence electrons. The number of rotatable bonds is 2. The number of nitrogens with one attached hydrogen (secondary N) is 2. The van der Waals surface area contributed by atoms with Crippen molar-refractivity contribution in [1.29, 1.82) is 0 Å². The Balaban J connectivity index is 1.75. The van der Waals surface area contributed by atoms with Gasteiger partial charge in [-0.05, 0) is 25.0 Å². The van der Waals surface area contributed by atoms with E-state index in [2.05, 4.69) is 10.6 Å². The van der Waals surface area contributed by atoms with Crippen LogP contribution in [-0.2, 0) is 11.2 Å². The molecule has 3 rings (SSSR count). The van der Waals surface area contributed by atoms with Gasteiger partial charge in [0.25, 0.3) is 11.8 Å². The van der Waals surface area contributed by atoms with Crippen LogP contribution in [-0.4, -0.2) is 41.4 Å². The van der Waals surface area contributed by atoms with Crippen LogP contribution in [0.1, 0.15) is 27.9 Å². The molecule has 20 heavy (non-hydrogen) atoms. The lowest BCUT2D eigenvalue weighted by molar-refractivity contribution is -0.123. The van der Waals surface area contributed by atoms with Crippen LogP contribution in [0.2, 0.25) is 0 Å². The van der Waals surface area contributed by atoms with Crippen LogP contribution in [0.5, 0.6) is 0 Å². The summed E-state index contributed by atoms with van der Waals surface area (Å²) in [6.45, 7) is 2.76. The van der Waals surface area contributed by atoms with Crippen LogP contribution < -0.4 is 10.6 Å². The minimum absolute atomic E-state index is 0.0690. The van der Waals surface area contributed by atoms with Gasteiger partial charge in [-0.3, -0.25) is 14.9 Å². The van der Waals surface area contributed by atoms with Crippen molar-refractivity contribution in [2.45, 2.75) is 25.3 Å². The largest absolute Gasteiger partial charge is 0.335 e. The van der Waals surface area contributed by atoms with Crippen LogP contribution in [0.3, 0.4) is 0 Å². The summed E-state index contributed by atoms with van der Waals surface area (Å²) in [7, 11) is 0. The Morgan fingerprint density at radius 2 is 2.25 bits per heavy atom. The molecular formula is C13H15N3O3S. The third kappa shape index (κ3) is 1.98. The Hall–Kier alpha value is -1.89. The number of nitrogens with zero attached hydrogens (tertiary/aromatic N) is 1. The molecule has 6 nitrogen and oxygen atoms in total. The number of carbonyl (C=O) groups excluding carboxylic acids is 3. The van der Waals surface area contributed by atoms with E-state index in [1.54, 1.807) is 4.90 Å². The third-order valence-electron chi connectivity index (χ3n) is 3.79. The number of hydrogen-bond donors (Lipinski definition) is 2. The van der Waals surface area contributed by atoms with Gasteiger partial charge in [0.2, 0.25) is 0 Å². The zero-order valence-electron chi connectivity index (χ0n) is 11.1. The van der Waals surface area contributed by atoms with Crippen molar-refractivity contribution >= 4 is 29.2 Å². The summed E-state index contributed by atoms with van der Waals surface area (Å²) in [6.07, 6.45) is 1.36. The second-order valence-corrected chi connectivity index (χ2v) is 6.25. The highest BCUT2D eigenvalue weighted by atomic mass is 32.1. The number of likely N-dealkylation sites (tertiary alicyclic amines) is 1. The smallest absolute Gasteiger partial charge is 0.322 e. The van der Waals surface area contributed by atoms with Gasteiger partial charge in [-0.2, -0.15) is 0 Å². The number of aryl methyl sites for hydroxylation is 1. The van der Waals surface area contributed by atoms with E-state index in [4.69, 9.17) is 0 Å². The summed E-state index contributed by atoms with van der Waals surface area (Å²) in [5, 5.41) is 4.88. The fourth-order valence-electron chi connectivity index (χ4n) is 2.64. The molecule has 1 aromatic rings. The molecule has 2 saturated heterocycles. The van der Waals surface area contributed by atoms with E-state index >= 15 is 0 Å². The summed E-state index contributed by atoms with van der Waals surface area (Å²) >= 11 is 1.48. The Bertz CT molecular complexity index is 597. The molecule has 3 heterocycles. The standard InChI is InChI=1S/C13H15N3O3S/c1-2-8-3-4-9(20-8)10(17)16-6-5-13(7-16)11(18)14-12(19)15-13/h3-4H,2,5-7H2,1H3,(H2,14,15,18,19). The zero-order chi connectivity index (χ0) is 14.3. The predicted octanol–water partition coefficient (Wildman–Crippen LogP) is 0.735. The number of urea groups is 1. The zero-order valence-corrected chi connectivity index (χ0v) is 11.9. The van der Waals surface area contributed by atoms with Gasteiger partial charge in [-0.1, -0.05) is 6.92 Å². The van der Waals surface area contributed by atoms with Crippen molar-refractivity contribution in [1.82, 2.24) is 15.5 Å². The van der Waals surface area contributed by atoms with Crippen LogP contribution in [0.4, 0.5) is 4.79 Å². The van der Waals surface area contributed by atoms with Crippen molar-refractivity contribution in [2.75, 3.05) is 13.1 Å². The maximum Gasteiger partial charge on any atom is 0.322 e. The third-order valence-corrected chi connectivity index (χ3v) is 5.01. The highest BCUT2D eigenvalue weighted by Gasteiger charge is 2.51. The number of amides is 4. The Morgan fingerprint density at radius 1 is 1.45 bits per heavy atom. The molecule has 2 fully saturated rings. The molecule has 1 unspecified atom stereocenters. The minimum atomic E-state index is -0.933. The Morgan fingerprint density at radius 3 is 2.85 bits per heavy atom. The summed E-state index contributed by atoms with van der Waals surface area (Å²) in [5.74, 6) is -0.404. The summed E-state index contributed by atoms with van der Waals surface area (Å²) in [4.78, 5) is 39.0. The SMILES string of the molecule is CCc1ccc(C(=O)N2CCC3(C2)NC(=O)NC3=O)s1. The normalized spacial score (nSPS) is 25.1. The molecule has 0 aromatic carbocycles. The topological polar surface area (TPSA) is 78.5 Å². The lowest BCUT2D eigenvalue weighted by atomic mass is 10.00. The summed E-state index contributed by atoms with van der Waals surface area (Å²) in [6, 6.07) is 3.30. The molecule has 7 heteroatoms. The molecule has 1 aromatic heterocycles. The maximum atomic E-state index is 12.4. The molecule has 2 N–H and O–H groups in total. The molecule has 2 aliphatic rings. The number of imide groups is 1. The monoisotopic (exact) mass is 293 g/mol. The van der Waals surface area contributed by atoms with Crippen LogP contribution in [0.15, 0.2) is 12.1 Å². The molecule has 0 aliphatic carbocycles. The first-order valence-electron chi connectivity index (χ1n) is 6.56. The van der Waals surface area contributed by atoms with Gasteiger partial charge in [0.05, 0.1) is 11.4 Å². The second-order valence-electron chi connectivity index (χ2n) is 5.09. The molecular weight excluding hydrogens is 278 g/mol. The summed E-state index contributed by atoms with van der Waals surface area (Å²) < 4.78 is 0. The average molecular weight is 293 g/mol. The number of carbonyl (C=O) groups is 3. The van der Waals surface area contributed by atoms with E-state index < -0.39 is 11.6 Å². The molecule has 0 bridgehead atoms. The van der Waals surface area contributed by atoms with Gasteiger partial charge in [-0.25, -0.2) is 4.79 Å². The van der Waals surface area contributed by atoms with E-state index in [1.165, 1.54) is 11.3 Å². The Kier molecular flexibility index (Phi) is 3.01. The molecule has 1 atom stereocenters. The maximum absolute atomic E-state index is 12.4. The summed E-state index contributed by atoms with van der Waals surface area (Å²) in [5.41, 5.74) is -0.933. The average Bonchev–Trinajstić information content (AvgIpc) is 3.10. The fraction of sp³-hybridized carbons (Fsp3) is 0.462. The fourth-order valence-corrected chi connectivity index (χ4v) is 3.55. The van der Waals surface area contributed by atoms with Gasteiger partial charge in [0, 0.05) is 11.4 Å². The van der Waals surface area contributed by atoms with Crippen molar-refractivity contribution in [3.63, 3.8) is 0 Å².